The van der Waals surface area contributed by atoms with Crippen LogP contribution in [-0.4, -0.2) is 66.6 Å². The maximum Gasteiger partial charge on any atom is 0.482 e. The van der Waals surface area contributed by atoms with Gasteiger partial charge in [-0.2, -0.15) is 0 Å². The number of hydrogen-bond acceptors (Lipinski definition) is 6. The average Bonchev–Trinajstić information content (AvgIpc) is 3.45. The highest BCUT2D eigenvalue weighted by molar-refractivity contribution is 6.47. The quantitative estimate of drug-likeness (QED) is 0.526. The van der Waals surface area contributed by atoms with Crippen molar-refractivity contribution >= 4 is 19.3 Å². The van der Waals surface area contributed by atoms with Crippen molar-refractivity contribution < 1.29 is 28.4 Å². The van der Waals surface area contributed by atoms with Gasteiger partial charge in [-0.05, 0) is 82.6 Å². The summed E-state index contributed by atoms with van der Waals surface area (Å²) < 4.78 is 24.4. The fraction of sp³-hybridized carbons (Fsp3) is 0.724. The predicted molar refractivity (Wildman–Crippen MR) is 144 cm³/mol. The molecule has 0 aromatic heterocycles. The molecule has 1 aromatic carbocycles. The monoisotopic (exact) mass is 526 g/mol. The zero-order valence-corrected chi connectivity index (χ0v) is 23.7. The lowest BCUT2D eigenvalue weighted by molar-refractivity contribution is -0.199. The van der Waals surface area contributed by atoms with Gasteiger partial charge in [0.1, 0.15) is 12.2 Å². The van der Waals surface area contributed by atoms with Crippen molar-refractivity contribution in [1.82, 2.24) is 10.2 Å². The Morgan fingerprint density at radius 1 is 1.18 bits per heavy atom. The zero-order valence-electron chi connectivity index (χ0n) is 23.7. The maximum atomic E-state index is 13.1. The summed E-state index contributed by atoms with van der Waals surface area (Å²) in [7, 11) is -0.558. The molecule has 5 aliphatic rings. The number of carbonyl (C=O) groups excluding carboxylic acids is 2. The SMILES string of the molecule is CC(C)(C)OC(=O)N1CCC[C@@H]1COC(=O)N[C@@H](Cc1ccccc1)B1O[C@@H]2C[C@@H]3C[C@@H](C3(C)C)[C@]2(C)O1. The summed E-state index contributed by atoms with van der Waals surface area (Å²) in [6, 6.07) is 9.85. The Kier molecular flexibility index (Phi) is 7.22. The Labute approximate surface area is 227 Å². The first-order valence-electron chi connectivity index (χ1n) is 14.2. The second-order valence-electron chi connectivity index (χ2n) is 13.3. The van der Waals surface area contributed by atoms with E-state index in [0.717, 1.165) is 24.8 Å². The van der Waals surface area contributed by atoms with Crippen molar-refractivity contribution in [1.29, 1.82) is 0 Å². The van der Waals surface area contributed by atoms with E-state index in [2.05, 4.69) is 26.1 Å². The standard InChI is InChI=1S/C29H43BN2O6/c1-27(2,3)36-26(34)32-14-10-13-21(32)18-35-25(33)31-24(15-19-11-8-7-9-12-19)30-37-23-17-20-16-22(28(20,4)5)29(23,6)38-30/h7-9,11-12,20-24H,10,13-18H2,1-6H3,(H,31,33)/t20-,21+,22-,23+,24-,29-/m0/s1. The molecule has 208 valence electrons. The van der Waals surface area contributed by atoms with Crippen LogP contribution in [0.15, 0.2) is 30.3 Å². The Morgan fingerprint density at radius 3 is 2.61 bits per heavy atom. The van der Waals surface area contributed by atoms with Crippen LogP contribution in [-0.2, 0) is 25.2 Å². The first-order chi connectivity index (χ1) is 17.9. The van der Waals surface area contributed by atoms with Crippen LogP contribution < -0.4 is 5.32 Å². The first kappa shape index (κ1) is 27.3. The van der Waals surface area contributed by atoms with Gasteiger partial charge in [0.15, 0.2) is 0 Å². The van der Waals surface area contributed by atoms with Gasteiger partial charge in [-0.15, -0.1) is 0 Å². The molecule has 0 radical (unpaired) electrons. The molecule has 38 heavy (non-hydrogen) atoms. The summed E-state index contributed by atoms with van der Waals surface area (Å²) in [4.78, 5) is 27.3. The summed E-state index contributed by atoms with van der Waals surface area (Å²) in [5.41, 5.74) is 0.395. The molecule has 3 aliphatic carbocycles. The third-order valence-electron chi connectivity index (χ3n) is 9.31. The lowest BCUT2D eigenvalue weighted by Gasteiger charge is -2.64. The number of likely N-dealkylation sites (tertiary alicyclic amines) is 1. The van der Waals surface area contributed by atoms with E-state index in [0.29, 0.717) is 24.8 Å². The van der Waals surface area contributed by atoms with Crippen LogP contribution >= 0.6 is 0 Å². The van der Waals surface area contributed by atoms with Gasteiger partial charge in [0.2, 0.25) is 0 Å². The van der Waals surface area contributed by atoms with E-state index in [1.165, 1.54) is 6.42 Å². The Bertz CT molecular complexity index is 1030. The van der Waals surface area contributed by atoms with Crippen LogP contribution in [0.4, 0.5) is 9.59 Å². The van der Waals surface area contributed by atoms with Crippen molar-refractivity contribution in [2.45, 2.75) is 103 Å². The fourth-order valence-electron chi connectivity index (χ4n) is 7.09. The lowest BCUT2D eigenvalue weighted by Crippen LogP contribution is -2.65. The molecule has 2 bridgehead atoms. The maximum absolute atomic E-state index is 13.1. The molecule has 0 spiro atoms. The molecule has 2 saturated heterocycles. The number of ether oxygens (including phenoxy) is 2. The smallest absolute Gasteiger partial charge is 0.447 e. The highest BCUT2D eigenvalue weighted by atomic mass is 16.7. The number of nitrogens with one attached hydrogen (secondary N) is 1. The van der Waals surface area contributed by atoms with Crippen LogP contribution in [0.3, 0.4) is 0 Å². The second-order valence-corrected chi connectivity index (χ2v) is 13.3. The summed E-state index contributed by atoms with van der Waals surface area (Å²) >= 11 is 0. The minimum atomic E-state index is -0.572. The number of benzene rings is 1. The topological polar surface area (TPSA) is 86.3 Å². The van der Waals surface area contributed by atoms with Crippen molar-refractivity contribution in [3.8, 4) is 0 Å². The van der Waals surface area contributed by atoms with E-state index in [4.69, 9.17) is 18.8 Å². The van der Waals surface area contributed by atoms with Crippen LogP contribution in [0.25, 0.3) is 0 Å². The molecular formula is C29H43BN2O6. The van der Waals surface area contributed by atoms with E-state index in [9.17, 15) is 9.59 Å². The van der Waals surface area contributed by atoms with Crippen molar-refractivity contribution in [2.75, 3.05) is 13.2 Å². The van der Waals surface area contributed by atoms with E-state index < -0.39 is 24.8 Å². The molecule has 8 nitrogen and oxygen atoms in total. The molecule has 9 heteroatoms. The predicted octanol–water partition coefficient (Wildman–Crippen LogP) is 4.99. The summed E-state index contributed by atoms with van der Waals surface area (Å²) in [5, 5.41) is 3.04. The van der Waals surface area contributed by atoms with Crippen molar-refractivity contribution in [3.05, 3.63) is 35.9 Å². The molecule has 2 heterocycles. The average molecular weight is 526 g/mol. The number of hydrogen-bond donors (Lipinski definition) is 1. The van der Waals surface area contributed by atoms with E-state index in [1.54, 1.807) is 4.90 Å². The number of amides is 2. The van der Waals surface area contributed by atoms with Gasteiger partial charge in [0.25, 0.3) is 0 Å². The molecule has 2 aliphatic heterocycles. The lowest BCUT2D eigenvalue weighted by atomic mass is 9.43. The molecule has 2 amide bonds. The molecule has 1 N–H and O–H groups in total. The third-order valence-corrected chi connectivity index (χ3v) is 9.31. The summed E-state index contributed by atoms with van der Waals surface area (Å²) in [6.07, 6.45) is 3.48. The summed E-state index contributed by atoms with van der Waals surface area (Å²) in [5.74, 6) is 0.685. The number of carbonyl (C=O) groups is 2. The first-order valence-corrected chi connectivity index (χ1v) is 14.2. The molecule has 0 unspecified atom stereocenters. The molecule has 3 saturated carbocycles. The second kappa shape index (κ2) is 10.0. The Morgan fingerprint density at radius 2 is 1.92 bits per heavy atom. The van der Waals surface area contributed by atoms with Crippen LogP contribution in [0, 0.1) is 17.3 Å². The Balaban J connectivity index is 1.23. The highest BCUT2D eigenvalue weighted by Crippen LogP contribution is 2.65. The van der Waals surface area contributed by atoms with Gasteiger partial charge in [-0.1, -0.05) is 44.2 Å². The van der Waals surface area contributed by atoms with E-state index in [1.807, 2.05) is 51.1 Å². The summed E-state index contributed by atoms with van der Waals surface area (Å²) in [6.45, 7) is 13.1. The van der Waals surface area contributed by atoms with Crippen LogP contribution in [0.2, 0.25) is 0 Å². The van der Waals surface area contributed by atoms with Crippen LogP contribution in [0.5, 0.6) is 0 Å². The van der Waals surface area contributed by atoms with Gasteiger partial charge in [0, 0.05) is 6.54 Å². The van der Waals surface area contributed by atoms with Gasteiger partial charge < -0.3 is 29.0 Å². The van der Waals surface area contributed by atoms with Crippen molar-refractivity contribution in [2.24, 2.45) is 17.3 Å². The van der Waals surface area contributed by atoms with Gasteiger partial charge in [-0.25, -0.2) is 9.59 Å². The van der Waals surface area contributed by atoms with E-state index in [-0.39, 0.29) is 35.9 Å². The van der Waals surface area contributed by atoms with E-state index >= 15 is 0 Å². The minimum Gasteiger partial charge on any atom is -0.447 e. The molecule has 6 atom stereocenters. The molecule has 1 aromatic rings. The third kappa shape index (κ3) is 5.28. The van der Waals surface area contributed by atoms with Gasteiger partial charge in [0.05, 0.1) is 23.7 Å². The minimum absolute atomic E-state index is 0.0289. The normalized spacial score (nSPS) is 32.3. The molecule has 6 rings (SSSR count). The largest absolute Gasteiger partial charge is 0.482 e. The molecule has 5 fully saturated rings. The number of rotatable bonds is 6. The van der Waals surface area contributed by atoms with Gasteiger partial charge in [-0.3, -0.25) is 0 Å². The van der Waals surface area contributed by atoms with Gasteiger partial charge >= 0.3 is 19.3 Å². The fourth-order valence-corrected chi connectivity index (χ4v) is 7.09. The zero-order chi connectivity index (χ0) is 27.3. The molecular weight excluding hydrogens is 483 g/mol. The Hall–Kier alpha value is -2.26. The number of nitrogens with zero attached hydrogens (tertiary/aromatic N) is 1. The number of alkyl carbamates (subject to hydrolysis) is 1. The highest BCUT2D eigenvalue weighted by Gasteiger charge is 2.68. The van der Waals surface area contributed by atoms with Crippen LogP contribution in [0.1, 0.15) is 72.8 Å². The van der Waals surface area contributed by atoms with Crippen molar-refractivity contribution in [3.63, 3.8) is 0 Å².